The Morgan fingerprint density at radius 2 is 1.33 bits per heavy atom. The van der Waals surface area contributed by atoms with Gasteiger partial charge in [0.1, 0.15) is 0 Å². The Morgan fingerprint density at radius 1 is 0.708 bits per heavy atom. The second kappa shape index (κ2) is 6.96. The first kappa shape index (κ1) is 16.4. The minimum absolute atomic E-state index is 1.04. The maximum Gasteiger partial charge on any atom is 0.0441 e. The van der Waals surface area contributed by atoms with Crippen molar-refractivity contribution in [2.75, 3.05) is 37.0 Å². The number of hydrogen-bond donors (Lipinski definition) is 0. The van der Waals surface area contributed by atoms with E-state index in [1.54, 1.807) is 0 Å². The zero-order valence-corrected chi connectivity index (χ0v) is 15.1. The predicted octanol–water partition coefficient (Wildman–Crippen LogP) is 5.42. The zero-order valence-electron chi connectivity index (χ0n) is 15.1. The van der Waals surface area contributed by atoms with Gasteiger partial charge in [0, 0.05) is 43.9 Å². The fraction of sp³-hybridized carbons (Fsp3) is 0.273. The molecule has 0 aliphatic heterocycles. The lowest BCUT2D eigenvalue weighted by Gasteiger charge is -2.21. The molecule has 0 aromatic heterocycles. The zero-order chi connectivity index (χ0) is 17.1. The van der Waals surface area contributed by atoms with Crippen LogP contribution in [0.5, 0.6) is 0 Å². The summed E-state index contributed by atoms with van der Waals surface area (Å²) in [6, 6.07) is 22.1. The van der Waals surface area contributed by atoms with Gasteiger partial charge in [-0.1, -0.05) is 42.5 Å². The molecule has 0 radical (unpaired) electrons. The number of nitrogens with zero attached hydrogens (tertiary/aromatic N) is 2. The van der Waals surface area contributed by atoms with Crippen molar-refractivity contribution in [2.45, 2.75) is 13.8 Å². The van der Waals surface area contributed by atoms with Crippen molar-refractivity contribution in [3.05, 3.63) is 60.7 Å². The summed E-state index contributed by atoms with van der Waals surface area (Å²) in [5, 5.41) is 2.60. The molecule has 0 aliphatic carbocycles. The molecule has 124 valence electrons. The highest BCUT2D eigenvalue weighted by Gasteiger charge is 2.09. The average molecular weight is 318 g/mol. The van der Waals surface area contributed by atoms with Crippen LogP contribution in [0.3, 0.4) is 0 Å². The third-order valence-electron chi connectivity index (χ3n) is 4.69. The van der Waals surface area contributed by atoms with E-state index < -0.39 is 0 Å². The van der Waals surface area contributed by atoms with E-state index in [-0.39, 0.29) is 0 Å². The number of fused-ring (bicyclic) bond motifs is 1. The monoisotopic (exact) mass is 318 g/mol. The van der Waals surface area contributed by atoms with Crippen LogP contribution in [0.15, 0.2) is 60.7 Å². The summed E-state index contributed by atoms with van der Waals surface area (Å²) < 4.78 is 0. The van der Waals surface area contributed by atoms with Gasteiger partial charge in [0.25, 0.3) is 0 Å². The Hall–Kier alpha value is -2.48. The Morgan fingerprint density at radius 3 is 1.92 bits per heavy atom. The van der Waals surface area contributed by atoms with Crippen LogP contribution in [0.2, 0.25) is 0 Å². The first-order chi connectivity index (χ1) is 11.7. The summed E-state index contributed by atoms with van der Waals surface area (Å²) in [7, 11) is 4.20. The highest BCUT2D eigenvalue weighted by molar-refractivity contribution is 6.03. The summed E-state index contributed by atoms with van der Waals surface area (Å²) in [6.07, 6.45) is 0. The van der Waals surface area contributed by atoms with Crippen LogP contribution in [0, 0.1) is 0 Å². The van der Waals surface area contributed by atoms with E-state index in [0.29, 0.717) is 0 Å². The quantitative estimate of drug-likeness (QED) is 0.620. The fourth-order valence-corrected chi connectivity index (χ4v) is 3.37. The normalized spacial score (nSPS) is 10.8. The minimum atomic E-state index is 1.04. The van der Waals surface area contributed by atoms with E-state index >= 15 is 0 Å². The van der Waals surface area contributed by atoms with Crippen LogP contribution < -0.4 is 9.80 Å². The molecule has 0 aliphatic rings. The smallest absolute Gasteiger partial charge is 0.0441 e. The molecule has 0 bridgehead atoms. The molecule has 0 spiro atoms. The summed E-state index contributed by atoms with van der Waals surface area (Å²) in [5.41, 5.74) is 5.11. The molecule has 3 aromatic carbocycles. The number of anilines is 2. The topological polar surface area (TPSA) is 6.48 Å². The van der Waals surface area contributed by atoms with E-state index in [1.807, 2.05) is 0 Å². The maximum atomic E-state index is 2.37. The van der Waals surface area contributed by atoms with Crippen molar-refractivity contribution in [1.82, 2.24) is 0 Å². The van der Waals surface area contributed by atoms with Crippen molar-refractivity contribution in [3.8, 4) is 11.1 Å². The lowest BCUT2D eigenvalue weighted by molar-refractivity contribution is 0.866. The number of hydrogen-bond acceptors (Lipinski definition) is 2. The van der Waals surface area contributed by atoms with Gasteiger partial charge in [-0.2, -0.15) is 0 Å². The van der Waals surface area contributed by atoms with E-state index in [1.165, 1.54) is 33.3 Å². The van der Waals surface area contributed by atoms with Crippen LogP contribution in [0.25, 0.3) is 21.9 Å². The SMILES string of the molecule is CCN(CC)c1ccc(-c2ccc(N(C)C)c3ccccc23)cc1. The van der Waals surface area contributed by atoms with Crippen LogP contribution in [0.1, 0.15) is 13.8 Å². The summed E-state index contributed by atoms with van der Waals surface area (Å²) in [4.78, 5) is 4.55. The Bertz CT molecular complexity index is 815. The third-order valence-corrected chi connectivity index (χ3v) is 4.69. The van der Waals surface area contributed by atoms with Gasteiger partial charge in [-0.3, -0.25) is 0 Å². The van der Waals surface area contributed by atoms with E-state index in [2.05, 4.69) is 98.4 Å². The van der Waals surface area contributed by atoms with Gasteiger partial charge >= 0.3 is 0 Å². The second-order valence-electron chi connectivity index (χ2n) is 6.29. The molecular formula is C22H26N2. The first-order valence-corrected chi connectivity index (χ1v) is 8.70. The Kier molecular flexibility index (Phi) is 4.75. The van der Waals surface area contributed by atoms with Crippen molar-refractivity contribution in [3.63, 3.8) is 0 Å². The summed E-state index contributed by atoms with van der Waals surface area (Å²) >= 11 is 0. The highest BCUT2D eigenvalue weighted by atomic mass is 15.1. The second-order valence-corrected chi connectivity index (χ2v) is 6.29. The number of benzene rings is 3. The van der Waals surface area contributed by atoms with Crippen LogP contribution in [-0.4, -0.2) is 27.2 Å². The molecule has 0 saturated carbocycles. The summed E-state index contributed by atoms with van der Waals surface area (Å²) in [6.45, 7) is 6.47. The van der Waals surface area contributed by atoms with E-state index in [4.69, 9.17) is 0 Å². The molecule has 24 heavy (non-hydrogen) atoms. The van der Waals surface area contributed by atoms with Gasteiger partial charge in [0.2, 0.25) is 0 Å². The Balaban J connectivity index is 2.08. The largest absolute Gasteiger partial charge is 0.377 e. The summed E-state index contributed by atoms with van der Waals surface area (Å²) in [5.74, 6) is 0. The average Bonchev–Trinajstić information content (AvgIpc) is 2.62. The lowest BCUT2D eigenvalue weighted by atomic mass is 9.96. The number of rotatable bonds is 5. The lowest BCUT2D eigenvalue weighted by Crippen LogP contribution is -2.21. The molecule has 0 fully saturated rings. The fourth-order valence-electron chi connectivity index (χ4n) is 3.37. The third kappa shape index (κ3) is 2.96. The van der Waals surface area contributed by atoms with Crippen molar-refractivity contribution in [1.29, 1.82) is 0 Å². The minimum Gasteiger partial charge on any atom is -0.377 e. The molecular weight excluding hydrogens is 292 g/mol. The molecule has 0 amide bonds. The molecule has 2 heteroatoms. The molecule has 0 unspecified atom stereocenters. The van der Waals surface area contributed by atoms with Gasteiger partial charge in [-0.05, 0) is 48.6 Å². The van der Waals surface area contributed by atoms with Gasteiger partial charge < -0.3 is 9.80 Å². The Labute approximate surface area is 145 Å². The first-order valence-electron chi connectivity index (χ1n) is 8.70. The van der Waals surface area contributed by atoms with Crippen LogP contribution >= 0.6 is 0 Å². The van der Waals surface area contributed by atoms with Gasteiger partial charge in [0.15, 0.2) is 0 Å². The van der Waals surface area contributed by atoms with Crippen molar-refractivity contribution < 1.29 is 0 Å². The van der Waals surface area contributed by atoms with Crippen molar-refractivity contribution >= 4 is 22.1 Å². The van der Waals surface area contributed by atoms with Crippen molar-refractivity contribution in [2.24, 2.45) is 0 Å². The molecule has 0 atom stereocenters. The van der Waals surface area contributed by atoms with E-state index in [9.17, 15) is 0 Å². The molecule has 3 aromatic rings. The van der Waals surface area contributed by atoms with Crippen LogP contribution in [0.4, 0.5) is 11.4 Å². The standard InChI is InChI=1S/C22H26N2/c1-5-24(6-2)18-13-11-17(12-14-18)19-15-16-22(23(3)4)21-10-8-7-9-20(19)21/h7-16H,5-6H2,1-4H3. The van der Waals surface area contributed by atoms with Crippen LogP contribution in [-0.2, 0) is 0 Å². The molecule has 0 heterocycles. The van der Waals surface area contributed by atoms with Gasteiger partial charge in [-0.15, -0.1) is 0 Å². The molecule has 0 N–H and O–H groups in total. The van der Waals surface area contributed by atoms with Gasteiger partial charge in [0.05, 0.1) is 0 Å². The molecule has 0 saturated heterocycles. The highest BCUT2D eigenvalue weighted by Crippen LogP contribution is 2.34. The van der Waals surface area contributed by atoms with E-state index in [0.717, 1.165) is 13.1 Å². The molecule has 3 rings (SSSR count). The van der Waals surface area contributed by atoms with Gasteiger partial charge in [-0.25, -0.2) is 0 Å². The predicted molar refractivity (Wildman–Crippen MR) is 107 cm³/mol. The molecule has 2 nitrogen and oxygen atoms in total. The maximum absolute atomic E-state index is 2.37.